The van der Waals surface area contributed by atoms with E-state index in [0.717, 1.165) is 51.4 Å². The van der Waals surface area contributed by atoms with E-state index in [1.807, 2.05) is 48.5 Å². The Bertz CT molecular complexity index is 1150. The molecule has 0 bridgehead atoms. The summed E-state index contributed by atoms with van der Waals surface area (Å²) in [5.41, 5.74) is 3.25. The number of hydrogen-bond donors (Lipinski definition) is 1. The number of carbonyl (C=O) groups excluding carboxylic acids is 1. The molecule has 0 saturated carbocycles. The van der Waals surface area contributed by atoms with Gasteiger partial charge in [-0.05, 0) is 39.9 Å². The second-order valence-electron chi connectivity index (χ2n) is 7.78. The number of amides is 1. The predicted octanol–water partition coefficient (Wildman–Crippen LogP) is 5.71. The van der Waals surface area contributed by atoms with Crippen molar-refractivity contribution in [1.82, 2.24) is 4.90 Å². The van der Waals surface area contributed by atoms with E-state index in [0.29, 0.717) is 0 Å². The van der Waals surface area contributed by atoms with Crippen molar-refractivity contribution in [2.45, 2.75) is 18.1 Å². The smallest absolute Gasteiger partial charge is 0.416 e. The van der Waals surface area contributed by atoms with E-state index >= 15 is 0 Å². The molecule has 5 nitrogen and oxygen atoms in total. The summed E-state index contributed by atoms with van der Waals surface area (Å²) in [6.45, 7) is -0.00342. The summed E-state index contributed by atoms with van der Waals surface area (Å²) in [7, 11) is 1.25. The molecule has 0 heterocycles. The Morgan fingerprint density at radius 1 is 0.939 bits per heavy atom. The maximum Gasteiger partial charge on any atom is 0.416 e. The zero-order valence-corrected chi connectivity index (χ0v) is 17.5. The third-order valence-electron chi connectivity index (χ3n) is 5.80. The number of carboxylic acids is 1. The molecule has 1 amide bonds. The number of rotatable bonds is 5. The standard InChI is InChI=1S/C25H20F3NO4/c1-29(22(23(30)31)15-10-12-16(13-11-15)25(26,27)28)24(32)33-14-21-19-8-4-2-6-17(19)18-7-3-5-9-20(18)21/h2-13,21-22H,14H2,1H3,(H,30,31). The summed E-state index contributed by atoms with van der Waals surface area (Å²) in [4.78, 5) is 25.4. The van der Waals surface area contributed by atoms with Gasteiger partial charge >= 0.3 is 18.2 Å². The number of aliphatic carboxylic acids is 1. The molecule has 1 atom stereocenters. The number of fused-ring (bicyclic) bond motifs is 3. The molecule has 0 aromatic heterocycles. The molecule has 0 spiro atoms. The maximum atomic E-state index is 12.8. The number of ether oxygens (including phenoxy) is 1. The molecule has 1 aliphatic carbocycles. The van der Waals surface area contributed by atoms with Gasteiger partial charge < -0.3 is 9.84 Å². The molecular weight excluding hydrogens is 435 g/mol. The SMILES string of the molecule is CN(C(=O)OCC1c2ccccc2-c2ccccc21)C(C(=O)O)c1ccc(C(F)(F)F)cc1. The molecular formula is C25H20F3NO4. The van der Waals surface area contributed by atoms with Crippen LogP contribution < -0.4 is 0 Å². The summed E-state index contributed by atoms with van der Waals surface area (Å²) in [6, 6.07) is 17.7. The number of carboxylic acid groups (broad SMARTS) is 1. The monoisotopic (exact) mass is 455 g/mol. The van der Waals surface area contributed by atoms with Gasteiger partial charge in [0.2, 0.25) is 0 Å². The highest BCUT2D eigenvalue weighted by Gasteiger charge is 2.34. The van der Waals surface area contributed by atoms with Gasteiger partial charge in [-0.25, -0.2) is 9.59 Å². The van der Waals surface area contributed by atoms with Crippen LogP contribution in [-0.4, -0.2) is 35.7 Å². The number of carbonyl (C=O) groups is 2. The fourth-order valence-electron chi connectivity index (χ4n) is 4.19. The molecule has 0 radical (unpaired) electrons. The van der Waals surface area contributed by atoms with Crippen LogP contribution in [0.3, 0.4) is 0 Å². The number of alkyl halides is 3. The zero-order valence-electron chi connectivity index (χ0n) is 17.5. The number of benzene rings is 3. The highest BCUT2D eigenvalue weighted by molar-refractivity contribution is 5.82. The van der Waals surface area contributed by atoms with Crippen LogP contribution in [0.4, 0.5) is 18.0 Å². The van der Waals surface area contributed by atoms with E-state index in [1.165, 1.54) is 7.05 Å². The fourth-order valence-corrected chi connectivity index (χ4v) is 4.19. The highest BCUT2D eigenvalue weighted by atomic mass is 19.4. The summed E-state index contributed by atoms with van der Waals surface area (Å²) < 4.78 is 43.9. The van der Waals surface area contributed by atoms with Gasteiger partial charge in [-0.2, -0.15) is 13.2 Å². The Kier molecular flexibility index (Phi) is 5.84. The molecule has 1 aliphatic rings. The molecule has 3 aromatic carbocycles. The van der Waals surface area contributed by atoms with E-state index in [2.05, 4.69) is 0 Å². The quantitative estimate of drug-likeness (QED) is 0.535. The Balaban J connectivity index is 1.51. The summed E-state index contributed by atoms with van der Waals surface area (Å²) in [5, 5.41) is 9.64. The van der Waals surface area contributed by atoms with Crippen LogP contribution in [0.2, 0.25) is 0 Å². The molecule has 1 unspecified atom stereocenters. The van der Waals surface area contributed by atoms with Gasteiger partial charge in [0.15, 0.2) is 6.04 Å². The first-order valence-electron chi connectivity index (χ1n) is 10.2. The van der Waals surface area contributed by atoms with Gasteiger partial charge in [0, 0.05) is 13.0 Å². The maximum absolute atomic E-state index is 12.8. The number of halogens is 3. The van der Waals surface area contributed by atoms with Crippen LogP contribution in [0, 0.1) is 0 Å². The average molecular weight is 455 g/mol. The second kappa shape index (κ2) is 8.61. The second-order valence-corrected chi connectivity index (χ2v) is 7.78. The molecule has 33 heavy (non-hydrogen) atoms. The Morgan fingerprint density at radius 3 is 1.94 bits per heavy atom. The summed E-state index contributed by atoms with van der Waals surface area (Å²) in [6.07, 6.45) is -5.43. The van der Waals surface area contributed by atoms with Gasteiger partial charge in [0.25, 0.3) is 0 Å². The lowest BCUT2D eigenvalue weighted by Gasteiger charge is -2.25. The molecule has 0 saturated heterocycles. The molecule has 1 N–H and O–H groups in total. The topological polar surface area (TPSA) is 66.8 Å². The first-order valence-corrected chi connectivity index (χ1v) is 10.2. The average Bonchev–Trinajstić information content (AvgIpc) is 3.11. The molecule has 0 aliphatic heterocycles. The lowest BCUT2D eigenvalue weighted by atomic mass is 9.98. The van der Waals surface area contributed by atoms with E-state index in [1.54, 1.807) is 0 Å². The Hall–Kier alpha value is -3.81. The van der Waals surface area contributed by atoms with Crippen LogP contribution >= 0.6 is 0 Å². The molecule has 8 heteroatoms. The van der Waals surface area contributed by atoms with Crippen molar-refractivity contribution >= 4 is 12.1 Å². The highest BCUT2D eigenvalue weighted by Crippen LogP contribution is 2.44. The van der Waals surface area contributed by atoms with Crippen LogP contribution in [0.5, 0.6) is 0 Å². The van der Waals surface area contributed by atoms with Crippen molar-refractivity contribution in [3.8, 4) is 11.1 Å². The van der Waals surface area contributed by atoms with Crippen LogP contribution in [0.1, 0.15) is 34.2 Å². The Labute approximate surface area is 188 Å². The molecule has 3 aromatic rings. The van der Waals surface area contributed by atoms with Gasteiger partial charge in [-0.3, -0.25) is 4.90 Å². The Morgan fingerprint density at radius 2 is 1.45 bits per heavy atom. The fraction of sp³-hybridized carbons (Fsp3) is 0.200. The summed E-state index contributed by atoms with van der Waals surface area (Å²) >= 11 is 0. The van der Waals surface area contributed by atoms with Crippen LogP contribution in [0.15, 0.2) is 72.8 Å². The number of likely N-dealkylation sites (N-methyl/N-ethyl adjacent to an activating group) is 1. The minimum atomic E-state index is -4.55. The first kappa shape index (κ1) is 22.4. The van der Waals surface area contributed by atoms with Gasteiger partial charge in [-0.15, -0.1) is 0 Å². The van der Waals surface area contributed by atoms with Crippen LogP contribution in [-0.2, 0) is 15.7 Å². The van der Waals surface area contributed by atoms with Crippen molar-refractivity contribution in [2.75, 3.05) is 13.7 Å². The number of hydrogen-bond acceptors (Lipinski definition) is 3. The van der Waals surface area contributed by atoms with E-state index < -0.39 is 29.8 Å². The molecule has 170 valence electrons. The van der Waals surface area contributed by atoms with E-state index in [4.69, 9.17) is 4.74 Å². The van der Waals surface area contributed by atoms with Crippen molar-refractivity contribution in [1.29, 1.82) is 0 Å². The normalized spacial score (nSPS) is 13.7. The van der Waals surface area contributed by atoms with Gasteiger partial charge in [0.1, 0.15) is 6.61 Å². The molecule has 4 rings (SSSR count). The van der Waals surface area contributed by atoms with Gasteiger partial charge in [0.05, 0.1) is 5.56 Å². The van der Waals surface area contributed by atoms with Crippen LogP contribution in [0.25, 0.3) is 11.1 Å². The number of nitrogens with zero attached hydrogens (tertiary/aromatic N) is 1. The predicted molar refractivity (Wildman–Crippen MR) is 115 cm³/mol. The van der Waals surface area contributed by atoms with Gasteiger partial charge in [-0.1, -0.05) is 60.7 Å². The minimum absolute atomic E-state index is 0.00342. The van der Waals surface area contributed by atoms with Crippen molar-refractivity contribution in [2.24, 2.45) is 0 Å². The third-order valence-corrected chi connectivity index (χ3v) is 5.80. The van der Waals surface area contributed by atoms with Crippen molar-refractivity contribution in [3.63, 3.8) is 0 Å². The van der Waals surface area contributed by atoms with E-state index in [-0.39, 0.29) is 18.1 Å². The third kappa shape index (κ3) is 4.28. The van der Waals surface area contributed by atoms with E-state index in [9.17, 15) is 27.9 Å². The van der Waals surface area contributed by atoms with Crippen molar-refractivity contribution in [3.05, 3.63) is 95.1 Å². The largest absolute Gasteiger partial charge is 0.479 e. The van der Waals surface area contributed by atoms with Crippen molar-refractivity contribution < 1.29 is 32.6 Å². The minimum Gasteiger partial charge on any atom is -0.479 e. The molecule has 0 fully saturated rings. The summed E-state index contributed by atoms with van der Waals surface area (Å²) in [5.74, 6) is -1.59. The lowest BCUT2D eigenvalue weighted by molar-refractivity contribution is -0.142. The lowest BCUT2D eigenvalue weighted by Crippen LogP contribution is -2.36. The first-order chi connectivity index (χ1) is 15.7. The zero-order chi connectivity index (χ0) is 23.8.